The van der Waals surface area contributed by atoms with Gasteiger partial charge in [0.25, 0.3) is 0 Å². The van der Waals surface area contributed by atoms with E-state index in [0.29, 0.717) is 22.8 Å². The maximum absolute atomic E-state index is 12.7. The molecule has 128 valence electrons. The van der Waals surface area contributed by atoms with E-state index in [1.165, 1.54) is 19.9 Å². The van der Waals surface area contributed by atoms with Crippen LogP contribution in [-0.2, 0) is 9.59 Å². The summed E-state index contributed by atoms with van der Waals surface area (Å²) in [4.78, 5) is 34.7. The maximum atomic E-state index is 12.7. The Morgan fingerprint density at radius 3 is 2.20 bits per heavy atom. The average molecular weight is 340 g/mol. The number of benzene rings is 2. The molecule has 6 nitrogen and oxygen atoms in total. The van der Waals surface area contributed by atoms with Gasteiger partial charge in [0.2, 0.25) is 0 Å². The largest absolute Gasteiger partial charge is 0.492 e. The predicted molar refractivity (Wildman–Crippen MR) is 88.1 cm³/mol. The van der Waals surface area contributed by atoms with Crippen LogP contribution >= 0.6 is 0 Å². The van der Waals surface area contributed by atoms with Gasteiger partial charge in [0.1, 0.15) is 23.9 Å². The van der Waals surface area contributed by atoms with Crippen molar-refractivity contribution in [3.8, 4) is 17.2 Å². The fourth-order valence-corrected chi connectivity index (χ4v) is 2.67. The molecule has 0 saturated heterocycles. The third-order valence-corrected chi connectivity index (χ3v) is 3.75. The molecule has 1 atom stereocenters. The third kappa shape index (κ3) is 3.68. The van der Waals surface area contributed by atoms with Crippen LogP contribution in [0.2, 0.25) is 0 Å². The molecule has 1 aliphatic rings. The van der Waals surface area contributed by atoms with Crippen LogP contribution in [0.4, 0.5) is 0 Å². The first kappa shape index (κ1) is 16.7. The van der Waals surface area contributed by atoms with E-state index < -0.39 is 17.9 Å². The Morgan fingerprint density at radius 2 is 1.56 bits per heavy atom. The molecule has 1 aliphatic heterocycles. The average Bonchev–Trinajstić information content (AvgIpc) is 2.55. The fraction of sp³-hybridized carbons (Fsp3) is 0.211. The smallest absolute Gasteiger partial charge is 0.308 e. The summed E-state index contributed by atoms with van der Waals surface area (Å²) in [6.07, 6.45) is 0. The standard InChI is InChI=1S/C19H16O6/c1-11(20)24-14-5-3-13(4-6-14)17-10-23-18-9-15(25-12(2)21)7-8-16(18)19(17)22/h3-9,17H,10H2,1-2H3. The normalized spacial score (nSPS) is 15.8. The quantitative estimate of drug-likeness (QED) is 0.631. The number of ketones is 1. The van der Waals surface area contributed by atoms with E-state index in [-0.39, 0.29) is 12.4 Å². The SMILES string of the molecule is CC(=O)Oc1ccc(C2COc3cc(OC(C)=O)ccc3C2=O)cc1. The number of ether oxygens (including phenoxy) is 3. The van der Waals surface area contributed by atoms with Gasteiger partial charge in [-0.1, -0.05) is 12.1 Å². The van der Waals surface area contributed by atoms with Gasteiger partial charge >= 0.3 is 11.9 Å². The highest BCUT2D eigenvalue weighted by Gasteiger charge is 2.30. The van der Waals surface area contributed by atoms with Crippen molar-refractivity contribution in [2.24, 2.45) is 0 Å². The van der Waals surface area contributed by atoms with Crippen LogP contribution in [0, 0.1) is 0 Å². The maximum Gasteiger partial charge on any atom is 0.308 e. The zero-order valence-corrected chi connectivity index (χ0v) is 13.8. The summed E-state index contributed by atoms with van der Waals surface area (Å²) in [7, 11) is 0. The van der Waals surface area contributed by atoms with E-state index in [2.05, 4.69) is 0 Å². The van der Waals surface area contributed by atoms with Gasteiger partial charge in [-0.25, -0.2) is 0 Å². The molecule has 0 aliphatic carbocycles. The molecule has 0 spiro atoms. The second-order valence-electron chi connectivity index (χ2n) is 5.64. The van der Waals surface area contributed by atoms with E-state index in [1.807, 2.05) is 0 Å². The van der Waals surface area contributed by atoms with Crippen LogP contribution in [0.5, 0.6) is 17.2 Å². The van der Waals surface area contributed by atoms with E-state index in [9.17, 15) is 14.4 Å². The number of fused-ring (bicyclic) bond motifs is 1. The summed E-state index contributed by atoms with van der Waals surface area (Å²) >= 11 is 0. The molecule has 0 saturated carbocycles. The predicted octanol–water partition coefficient (Wildman–Crippen LogP) is 2.90. The van der Waals surface area contributed by atoms with E-state index in [1.54, 1.807) is 36.4 Å². The van der Waals surface area contributed by atoms with Gasteiger partial charge in [-0.15, -0.1) is 0 Å². The van der Waals surface area contributed by atoms with Crippen molar-refractivity contribution in [3.05, 3.63) is 53.6 Å². The Labute approximate surface area is 144 Å². The molecule has 0 amide bonds. The molecule has 0 fully saturated rings. The van der Waals surface area contributed by atoms with Crippen LogP contribution in [0.25, 0.3) is 0 Å². The first-order valence-electron chi connectivity index (χ1n) is 7.72. The molecule has 0 N–H and O–H groups in total. The van der Waals surface area contributed by atoms with Crippen molar-refractivity contribution in [2.75, 3.05) is 6.61 Å². The van der Waals surface area contributed by atoms with Crippen molar-refractivity contribution in [1.82, 2.24) is 0 Å². The summed E-state index contributed by atoms with van der Waals surface area (Å²) in [5.41, 5.74) is 1.21. The van der Waals surface area contributed by atoms with E-state index >= 15 is 0 Å². The van der Waals surface area contributed by atoms with Gasteiger partial charge in [-0.3, -0.25) is 14.4 Å². The lowest BCUT2D eigenvalue weighted by atomic mass is 9.89. The summed E-state index contributed by atoms with van der Waals surface area (Å²) in [5.74, 6) is -0.198. The molecule has 2 aromatic carbocycles. The number of Topliss-reactive ketones (excluding diaryl/α,β-unsaturated/α-hetero) is 1. The van der Waals surface area contributed by atoms with Crippen LogP contribution in [-0.4, -0.2) is 24.3 Å². The molecule has 25 heavy (non-hydrogen) atoms. The summed E-state index contributed by atoms with van der Waals surface area (Å²) in [6.45, 7) is 2.82. The second-order valence-corrected chi connectivity index (χ2v) is 5.64. The number of carbonyl (C=O) groups excluding carboxylic acids is 3. The minimum absolute atomic E-state index is 0.0733. The van der Waals surface area contributed by atoms with E-state index in [0.717, 1.165) is 5.56 Å². The molecule has 0 aromatic heterocycles. The Balaban J connectivity index is 1.81. The van der Waals surface area contributed by atoms with Gasteiger partial charge in [0, 0.05) is 19.9 Å². The van der Waals surface area contributed by atoms with Crippen molar-refractivity contribution < 1.29 is 28.6 Å². The zero-order chi connectivity index (χ0) is 18.0. The summed E-state index contributed by atoms with van der Waals surface area (Å²) < 4.78 is 15.7. The van der Waals surface area contributed by atoms with Gasteiger partial charge < -0.3 is 14.2 Å². The van der Waals surface area contributed by atoms with Crippen molar-refractivity contribution >= 4 is 17.7 Å². The van der Waals surface area contributed by atoms with Gasteiger partial charge in [-0.2, -0.15) is 0 Å². The molecular weight excluding hydrogens is 324 g/mol. The number of hydrogen-bond donors (Lipinski definition) is 0. The molecule has 1 heterocycles. The molecule has 6 heteroatoms. The first-order chi connectivity index (χ1) is 11.9. The van der Waals surface area contributed by atoms with Crippen molar-refractivity contribution in [1.29, 1.82) is 0 Å². The number of carbonyl (C=O) groups is 3. The Kier molecular flexibility index (Phi) is 4.52. The number of hydrogen-bond acceptors (Lipinski definition) is 6. The van der Waals surface area contributed by atoms with Crippen LogP contribution in [0.1, 0.15) is 35.7 Å². The minimum Gasteiger partial charge on any atom is -0.492 e. The number of esters is 2. The third-order valence-electron chi connectivity index (χ3n) is 3.75. The Morgan fingerprint density at radius 1 is 0.960 bits per heavy atom. The summed E-state index contributed by atoms with van der Waals surface area (Å²) in [5, 5.41) is 0. The molecule has 0 radical (unpaired) electrons. The lowest BCUT2D eigenvalue weighted by Gasteiger charge is -2.24. The molecule has 1 unspecified atom stereocenters. The highest BCUT2D eigenvalue weighted by molar-refractivity contribution is 6.04. The lowest BCUT2D eigenvalue weighted by molar-refractivity contribution is -0.132. The number of rotatable bonds is 3. The van der Waals surface area contributed by atoms with Gasteiger partial charge in [0.05, 0.1) is 11.5 Å². The lowest BCUT2D eigenvalue weighted by Crippen LogP contribution is -2.26. The first-order valence-corrected chi connectivity index (χ1v) is 7.72. The second kappa shape index (κ2) is 6.76. The topological polar surface area (TPSA) is 78.9 Å². The van der Waals surface area contributed by atoms with Gasteiger partial charge in [-0.05, 0) is 29.8 Å². The van der Waals surface area contributed by atoms with E-state index in [4.69, 9.17) is 14.2 Å². The van der Waals surface area contributed by atoms with Crippen molar-refractivity contribution in [2.45, 2.75) is 19.8 Å². The van der Waals surface area contributed by atoms with Crippen LogP contribution in [0.3, 0.4) is 0 Å². The highest BCUT2D eigenvalue weighted by atomic mass is 16.5. The molecule has 3 rings (SSSR count). The zero-order valence-electron chi connectivity index (χ0n) is 13.8. The molecule has 2 aromatic rings. The van der Waals surface area contributed by atoms with Crippen LogP contribution in [0.15, 0.2) is 42.5 Å². The van der Waals surface area contributed by atoms with Crippen LogP contribution < -0.4 is 14.2 Å². The summed E-state index contributed by atoms with van der Waals surface area (Å²) in [6, 6.07) is 11.5. The Hall–Kier alpha value is -3.15. The fourth-order valence-electron chi connectivity index (χ4n) is 2.67. The molecular formula is C19H16O6. The monoisotopic (exact) mass is 340 g/mol. The minimum atomic E-state index is -0.446. The van der Waals surface area contributed by atoms with Crippen molar-refractivity contribution in [3.63, 3.8) is 0 Å². The van der Waals surface area contributed by atoms with Gasteiger partial charge in [0.15, 0.2) is 5.78 Å². The Bertz CT molecular complexity index is 837. The molecule has 0 bridgehead atoms. The highest BCUT2D eigenvalue weighted by Crippen LogP contribution is 2.35.